The molecule has 0 aromatic carbocycles. The highest BCUT2D eigenvalue weighted by Crippen LogP contribution is 2.17. The monoisotopic (exact) mass is 258 g/mol. The number of nitrogens with zero attached hydrogens (tertiary/aromatic N) is 1. The maximum atomic E-state index is 5.85. The predicted molar refractivity (Wildman–Crippen MR) is 74.7 cm³/mol. The quantitative estimate of drug-likeness (QED) is 0.776. The highest BCUT2D eigenvalue weighted by Gasteiger charge is 2.22. The molecular formula is C13H26N2OS. The van der Waals surface area contributed by atoms with E-state index in [0.717, 1.165) is 31.5 Å². The Hall–Kier alpha value is 0.230. The predicted octanol–water partition coefficient (Wildman–Crippen LogP) is 1.30. The third kappa shape index (κ3) is 4.78. The third-order valence-corrected chi connectivity index (χ3v) is 4.68. The van der Waals surface area contributed by atoms with E-state index in [4.69, 9.17) is 4.74 Å². The van der Waals surface area contributed by atoms with Gasteiger partial charge in [-0.15, -0.1) is 0 Å². The van der Waals surface area contributed by atoms with E-state index < -0.39 is 0 Å². The fourth-order valence-corrected chi connectivity index (χ4v) is 3.57. The molecule has 0 amide bonds. The number of rotatable bonds is 6. The summed E-state index contributed by atoms with van der Waals surface area (Å²) in [6.45, 7) is 11.4. The fraction of sp³-hybridized carbons (Fsp3) is 1.00. The topological polar surface area (TPSA) is 24.5 Å². The molecule has 0 aliphatic carbocycles. The Morgan fingerprint density at radius 1 is 1.35 bits per heavy atom. The molecule has 0 aromatic rings. The van der Waals surface area contributed by atoms with Crippen molar-refractivity contribution in [2.24, 2.45) is 11.8 Å². The van der Waals surface area contributed by atoms with E-state index in [9.17, 15) is 0 Å². The molecule has 2 saturated heterocycles. The first-order valence-corrected chi connectivity index (χ1v) is 8.02. The van der Waals surface area contributed by atoms with Gasteiger partial charge in [0.2, 0.25) is 0 Å². The molecule has 2 rings (SSSR count). The van der Waals surface area contributed by atoms with E-state index in [1.165, 1.54) is 31.1 Å². The summed E-state index contributed by atoms with van der Waals surface area (Å²) in [7, 11) is 0. The van der Waals surface area contributed by atoms with Crippen LogP contribution >= 0.6 is 11.8 Å². The van der Waals surface area contributed by atoms with Crippen LogP contribution in [0.5, 0.6) is 0 Å². The summed E-state index contributed by atoms with van der Waals surface area (Å²) in [5.74, 6) is 4.15. The van der Waals surface area contributed by atoms with Crippen LogP contribution in [0.3, 0.4) is 0 Å². The first-order valence-electron chi connectivity index (χ1n) is 6.86. The van der Waals surface area contributed by atoms with Crippen molar-refractivity contribution in [3.05, 3.63) is 0 Å². The van der Waals surface area contributed by atoms with Crippen LogP contribution in [0.2, 0.25) is 0 Å². The summed E-state index contributed by atoms with van der Waals surface area (Å²) in [6.07, 6.45) is 0.459. The smallest absolute Gasteiger partial charge is 0.0792 e. The van der Waals surface area contributed by atoms with Crippen LogP contribution < -0.4 is 5.32 Å². The molecule has 0 aromatic heterocycles. The van der Waals surface area contributed by atoms with E-state index >= 15 is 0 Å². The molecule has 0 spiro atoms. The minimum atomic E-state index is 0.459. The van der Waals surface area contributed by atoms with Gasteiger partial charge in [-0.05, 0) is 30.7 Å². The average Bonchev–Trinajstić information content (AvgIpc) is 2.21. The zero-order valence-electron chi connectivity index (χ0n) is 11.2. The minimum absolute atomic E-state index is 0.459. The fourth-order valence-electron chi connectivity index (χ4n) is 2.40. The Bertz CT molecular complexity index is 221. The molecular weight excluding hydrogens is 232 g/mol. The molecule has 3 nitrogen and oxygen atoms in total. The molecule has 0 radical (unpaired) electrons. The maximum Gasteiger partial charge on any atom is 0.0792 e. The second-order valence-corrected chi connectivity index (χ2v) is 6.78. The van der Waals surface area contributed by atoms with Crippen LogP contribution in [-0.4, -0.2) is 61.8 Å². The van der Waals surface area contributed by atoms with Gasteiger partial charge in [-0.3, -0.25) is 4.90 Å². The molecule has 0 bridgehead atoms. The number of hydrogen-bond acceptors (Lipinski definition) is 4. The van der Waals surface area contributed by atoms with Crippen molar-refractivity contribution < 1.29 is 4.74 Å². The zero-order valence-corrected chi connectivity index (χ0v) is 12.0. The molecule has 4 heteroatoms. The normalized spacial score (nSPS) is 27.4. The van der Waals surface area contributed by atoms with Gasteiger partial charge in [0.15, 0.2) is 0 Å². The lowest BCUT2D eigenvalue weighted by Gasteiger charge is -2.34. The highest BCUT2D eigenvalue weighted by atomic mass is 32.2. The first kappa shape index (κ1) is 13.7. The summed E-state index contributed by atoms with van der Waals surface area (Å²) in [4.78, 5) is 2.56. The van der Waals surface area contributed by atoms with Crippen LogP contribution in [-0.2, 0) is 4.74 Å². The molecule has 100 valence electrons. The second kappa shape index (κ2) is 6.98. The van der Waals surface area contributed by atoms with Gasteiger partial charge in [-0.2, -0.15) is 11.8 Å². The van der Waals surface area contributed by atoms with E-state index in [1.807, 2.05) is 0 Å². The van der Waals surface area contributed by atoms with Crippen molar-refractivity contribution in [2.45, 2.75) is 20.0 Å². The molecule has 2 aliphatic heterocycles. The lowest BCUT2D eigenvalue weighted by Crippen LogP contribution is -2.45. The lowest BCUT2D eigenvalue weighted by molar-refractivity contribution is -0.0191. The van der Waals surface area contributed by atoms with Gasteiger partial charge in [0.05, 0.1) is 12.7 Å². The van der Waals surface area contributed by atoms with Gasteiger partial charge >= 0.3 is 0 Å². The van der Waals surface area contributed by atoms with Gasteiger partial charge < -0.3 is 10.1 Å². The molecule has 2 heterocycles. The zero-order chi connectivity index (χ0) is 12.1. The van der Waals surface area contributed by atoms with Crippen molar-refractivity contribution in [1.82, 2.24) is 10.2 Å². The molecule has 1 unspecified atom stereocenters. The molecule has 1 N–H and O–H groups in total. The molecule has 2 fully saturated rings. The standard InChI is InChI=1S/C13H26N2OS/c1-11(2)7-15-3-4-16-13(8-15)10-17-9-12-5-14-6-12/h11-14H,3-10H2,1-2H3. The first-order chi connectivity index (χ1) is 8.24. The number of thioether (sulfide) groups is 1. The minimum Gasteiger partial charge on any atom is -0.375 e. The summed E-state index contributed by atoms with van der Waals surface area (Å²) in [6, 6.07) is 0. The van der Waals surface area contributed by atoms with Gasteiger partial charge in [0.25, 0.3) is 0 Å². The highest BCUT2D eigenvalue weighted by molar-refractivity contribution is 7.99. The number of ether oxygens (including phenoxy) is 1. The number of hydrogen-bond donors (Lipinski definition) is 1. The second-order valence-electron chi connectivity index (χ2n) is 5.71. The van der Waals surface area contributed by atoms with E-state index in [-0.39, 0.29) is 0 Å². The molecule has 17 heavy (non-hydrogen) atoms. The van der Waals surface area contributed by atoms with Crippen molar-refractivity contribution in [3.63, 3.8) is 0 Å². The van der Waals surface area contributed by atoms with Gasteiger partial charge in [-0.25, -0.2) is 0 Å². The third-order valence-electron chi connectivity index (χ3n) is 3.37. The Morgan fingerprint density at radius 3 is 2.82 bits per heavy atom. The van der Waals surface area contributed by atoms with Crippen LogP contribution in [0.25, 0.3) is 0 Å². The van der Waals surface area contributed by atoms with Crippen molar-refractivity contribution >= 4 is 11.8 Å². The van der Waals surface area contributed by atoms with Crippen molar-refractivity contribution in [1.29, 1.82) is 0 Å². The van der Waals surface area contributed by atoms with E-state index in [1.54, 1.807) is 0 Å². The van der Waals surface area contributed by atoms with Gasteiger partial charge in [-0.1, -0.05) is 13.8 Å². The van der Waals surface area contributed by atoms with Crippen LogP contribution in [0.4, 0.5) is 0 Å². The Labute approximate surface area is 110 Å². The van der Waals surface area contributed by atoms with Gasteiger partial charge in [0, 0.05) is 25.4 Å². The van der Waals surface area contributed by atoms with Crippen molar-refractivity contribution in [2.75, 3.05) is 50.8 Å². The van der Waals surface area contributed by atoms with Gasteiger partial charge in [0.1, 0.15) is 0 Å². The lowest BCUT2D eigenvalue weighted by atomic mass is 10.1. The molecule has 1 atom stereocenters. The number of morpholine rings is 1. The Kier molecular flexibility index (Phi) is 5.60. The van der Waals surface area contributed by atoms with Crippen LogP contribution in [0.1, 0.15) is 13.8 Å². The summed E-state index contributed by atoms with van der Waals surface area (Å²) >= 11 is 2.07. The number of nitrogens with one attached hydrogen (secondary N) is 1. The average molecular weight is 258 g/mol. The molecule has 0 saturated carbocycles. The largest absolute Gasteiger partial charge is 0.375 e. The maximum absolute atomic E-state index is 5.85. The summed E-state index contributed by atoms with van der Waals surface area (Å²) in [5.41, 5.74) is 0. The van der Waals surface area contributed by atoms with Crippen molar-refractivity contribution in [3.8, 4) is 0 Å². The van der Waals surface area contributed by atoms with Crippen LogP contribution in [0, 0.1) is 11.8 Å². The van der Waals surface area contributed by atoms with Crippen LogP contribution in [0.15, 0.2) is 0 Å². The Balaban J connectivity index is 1.59. The van der Waals surface area contributed by atoms with E-state index in [2.05, 4.69) is 35.8 Å². The SMILES string of the molecule is CC(C)CN1CCOC(CSCC2CNC2)C1. The summed E-state index contributed by atoms with van der Waals surface area (Å²) < 4.78 is 5.85. The summed E-state index contributed by atoms with van der Waals surface area (Å²) in [5, 5.41) is 3.33. The van der Waals surface area contributed by atoms with E-state index in [0.29, 0.717) is 6.10 Å². The molecule has 2 aliphatic rings. The Morgan fingerprint density at radius 2 is 2.18 bits per heavy atom.